The molecule has 1 aliphatic heterocycles. The maximum Gasteiger partial charge on any atom is 0.312 e. The number of aromatic nitrogens is 1. The number of carbonyl (C=O) groups excluding carboxylic acids is 1. The lowest BCUT2D eigenvalue weighted by atomic mass is 10.1. The van der Waals surface area contributed by atoms with E-state index in [1.165, 1.54) is 23.5 Å². The molecule has 7 nitrogen and oxygen atoms in total. The van der Waals surface area contributed by atoms with Crippen LogP contribution in [0.1, 0.15) is 0 Å². The van der Waals surface area contributed by atoms with Gasteiger partial charge in [-0.1, -0.05) is 18.2 Å². The van der Waals surface area contributed by atoms with Crippen molar-refractivity contribution in [1.29, 1.82) is 0 Å². The van der Waals surface area contributed by atoms with Gasteiger partial charge in [-0.25, -0.2) is 14.2 Å². The Bertz CT molecular complexity index is 1100. The van der Waals surface area contributed by atoms with Gasteiger partial charge in [-0.3, -0.25) is 0 Å². The molecule has 3 aromatic rings. The van der Waals surface area contributed by atoms with E-state index in [1.54, 1.807) is 12.1 Å². The molecule has 0 radical (unpaired) electrons. The Morgan fingerprint density at radius 2 is 1.97 bits per heavy atom. The van der Waals surface area contributed by atoms with Crippen molar-refractivity contribution in [2.75, 3.05) is 37.7 Å². The van der Waals surface area contributed by atoms with Crippen molar-refractivity contribution in [2.45, 2.75) is 6.54 Å². The highest BCUT2D eigenvalue weighted by Gasteiger charge is 2.13. The van der Waals surface area contributed by atoms with Crippen LogP contribution in [0.3, 0.4) is 0 Å². The van der Waals surface area contributed by atoms with Crippen LogP contribution in [0.4, 0.5) is 20.6 Å². The van der Waals surface area contributed by atoms with E-state index in [0.29, 0.717) is 23.6 Å². The first-order valence-corrected chi connectivity index (χ1v) is 10.9. The second-order valence-electron chi connectivity index (χ2n) is 7.08. The third-order valence-corrected chi connectivity index (χ3v) is 5.87. The van der Waals surface area contributed by atoms with Crippen LogP contribution in [0.25, 0.3) is 11.3 Å². The molecule has 0 saturated carbocycles. The van der Waals surface area contributed by atoms with Gasteiger partial charge in [0.25, 0.3) is 0 Å². The number of amides is 2. The molecule has 2 heterocycles. The van der Waals surface area contributed by atoms with E-state index in [1.807, 2.05) is 9.95 Å². The molecule has 1 saturated heterocycles. The number of hydrogen-bond acceptors (Lipinski definition) is 5. The summed E-state index contributed by atoms with van der Waals surface area (Å²) in [7, 11) is 0. The molecule has 1 aliphatic rings. The monoisotopic (exact) mass is 441 g/mol. The van der Waals surface area contributed by atoms with Crippen molar-refractivity contribution >= 4 is 28.7 Å². The lowest BCUT2D eigenvalue weighted by Gasteiger charge is -2.28. The molecule has 3 N–H and O–H groups in total. The number of ether oxygens (including phenoxy) is 1. The number of thiazole rings is 1. The van der Waals surface area contributed by atoms with Gasteiger partial charge in [0.2, 0.25) is 0 Å². The van der Waals surface area contributed by atoms with Crippen molar-refractivity contribution in [2.24, 2.45) is 10.7 Å². The summed E-state index contributed by atoms with van der Waals surface area (Å²) in [5, 5.41) is 4.64. The fraction of sp³-hybridized carbons (Fsp3) is 0.273. The summed E-state index contributed by atoms with van der Waals surface area (Å²) in [6.07, 6.45) is 0. The fourth-order valence-electron chi connectivity index (χ4n) is 3.48. The highest BCUT2D eigenvalue weighted by molar-refractivity contribution is 7.07. The molecule has 162 valence electrons. The maximum atomic E-state index is 13.6. The van der Waals surface area contributed by atoms with Crippen LogP contribution in [0.5, 0.6) is 0 Å². The molecule has 31 heavy (non-hydrogen) atoms. The van der Waals surface area contributed by atoms with Gasteiger partial charge in [0, 0.05) is 37.2 Å². The number of anilines is 1. The number of nitrogens with two attached hydrogens (primary N) is 1. The van der Waals surface area contributed by atoms with Gasteiger partial charge >= 0.3 is 6.03 Å². The number of carbonyl (C=O) groups is 1. The van der Waals surface area contributed by atoms with Crippen LogP contribution in [-0.4, -0.2) is 43.4 Å². The molecule has 1 fully saturated rings. The number of rotatable bonds is 6. The van der Waals surface area contributed by atoms with Gasteiger partial charge in [0.15, 0.2) is 4.80 Å². The lowest BCUT2D eigenvalue weighted by molar-refractivity contribution is 0.122. The largest absolute Gasteiger partial charge is 0.378 e. The van der Waals surface area contributed by atoms with Gasteiger partial charge in [-0.15, -0.1) is 11.3 Å². The lowest BCUT2D eigenvalue weighted by Crippen LogP contribution is -2.36. The number of nitrogens with one attached hydrogen (secondary N) is 1. The van der Waals surface area contributed by atoms with Crippen molar-refractivity contribution in [3.05, 3.63) is 64.5 Å². The molecule has 1 aromatic heterocycles. The summed E-state index contributed by atoms with van der Waals surface area (Å²) in [6, 6.07) is 14.0. The molecular weight excluding hydrogens is 417 g/mol. The number of nitrogens with zero attached hydrogens (tertiary/aromatic N) is 3. The number of hydrogen-bond donors (Lipinski definition) is 2. The van der Waals surface area contributed by atoms with E-state index >= 15 is 0 Å². The van der Waals surface area contributed by atoms with E-state index in [0.717, 1.165) is 43.2 Å². The minimum atomic E-state index is -0.573. The van der Waals surface area contributed by atoms with E-state index in [-0.39, 0.29) is 5.82 Å². The predicted molar refractivity (Wildman–Crippen MR) is 120 cm³/mol. The highest BCUT2D eigenvalue weighted by atomic mass is 32.1. The zero-order valence-corrected chi connectivity index (χ0v) is 17.8. The SMILES string of the molecule is NC(=O)NCCn1c(-c2ccc(N3CCOCC3)cc2)cs/c1=N/c1cccc(F)c1. The molecule has 0 bridgehead atoms. The highest BCUT2D eigenvalue weighted by Crippen LogP contribution is 2.25. The van der Waals surface area contributed by atoms with Crippen LogP contribution >= 0.6 is 11.3 Å². The van der Waals surface area contributed by atoms with Crippen LogP contribution in [0.2, 0.25) is 0 Å². The molecule has 0 unspecified atom stereocenters. The minimum Gasteiger partial charge on any atom is -0.378 e. The number of primary amides is 1. The first kappa shape index (κ1) is 21.1. The Labute approximate surface area is 183 Å². The van der Waals surface area contributed by atoms with Gasteiger partial charge in [0.05, 0.1) is 24.6 Å². The van der Waals surface area contributed by atoms with E-state index in [2.05, 4.69) is 39.5 Å². The van der Waals surface area contributed by atoms with E-state index in [4.69, 9.17) is 10.5 Å². The Morgan fingerprint density at radius 3 is 2.68 bits per heavy atom. The van der Waals surface area contributed by atoms with Crippen LogP contribution in [0.15, 0.2) is 58.9 Å². The normalized spacial score (nSPS) is 14.6. The zero-order valence-electron chi connectivity index (χ0n) is 17.0. The Kier molecular flexibility index (Phi) is 6.63. The van der Waals surface area contributed by atoms with E-state index in [9.17, 15) is 9.18 Å². The summed E-state index contributed by atoms with van der Waals surface area (Å²) in [6.45, 7) is 4.09. The van der Waals surface area contributed by atoms with Gasteiger partial charge < -0.3 is 25.3 Å². The standard InChI is InChI=1S/C22H24FN5O2S/c23-17-2-1-3-18(14-17)26-22-28(9-8-25-21(24)29)20(15-31-22)16-4-6-19(7-5-16)27-10-12-30-13-11-27/h1-7,14-15H,8-13H2,(H3,24,25,29)/b26-22+. The molecule has 4 rings (SSSR count). The number of halogens is 1. The molecule has 0 aliphatic carbocycles. The number of benzene rings is 2. The predicted octanol–water partition coefficient (Wildman–Crippen LogP) is 3.09. The summed E-state index contributed by atoms with van der Waals surface area (Å²) in [5.41, 5.74) is 8.91. The van der Waals surface area contributed by atoms with Gasteiger partial charge in [0.1, 0.15) is 5.82 Å². The molecule has 2 aromatic carbocycles. The number of morpholine rings is 1. The molecule has 2 amide bonds. The topological polar surface area (TPSA) is 84.9 Å². The van der Waals surface area contributed by atoms with Crippen molar-refractivity contribution < 1.29 is 13.9 Å². The van der Waals surface area contributed by atoms with Gasteiger partial charge in [-0.2, -0.15) is 0 Å². The summed E-state index contributed by atoms with van der Waals surface area (Å²) < 4.78 is 21.0. The molecular formula is C22H24FN5O2S. The Balaban J connectivity index is 1.66. The van der Waals surface area contributed by atoms with Crippen molar-refractivity contribution in [3.8, 4) is 11.3 Å². The maximum absolute atomic E-state index is 13.6. The zero-order chi connectivity index (χ0) is 21.6. The molecule has 0 atom stereocenters. The summed E-state index contributed by atoms with van der Waals surface area (Å²) in [5.74, 6) is -0.335. The van der Waals surface area contributed by atoms with Crippen LogP contribution in [0, 0.1) is 5.82 Å². The van der Waals surface area contributed by atoms with Crippen LogP contribution < -0.4 is 20.8 Å². The third-order valence-electron chi connectivity index (χ3n) is 5.00. The quantitative estimate of drug-likeness (QED) is 0.617. The third kappa shape index (κ3) is 5.31. The summed E-state index contributed by atoms with van der Waals surface area (Å²) in [4.78, 5) is 18.7. The Hall–Kier alpha value is -3.17. The Morgan fingerprint density at radius 1 is 1.19 bits per heavy atom. The fourth-order valence-corrected chi connectivity index (χ4v) is 4.43. The van der Waals surface area contributed by atoms with Crippen molar-refractivity contribution in [3.63, 3.8) is 0 Å². The van der Waals surface area contributed by atoms with Crippen molar-refractivity contribution in [1.82, 2.24) is 9.88 Å². The van der Waals surface area contributed by atoms with Crippen LogP contribution in [-0.2, 0) is 11.3 Å². The summed E-state index contributed by atoms with van der Waals surface area (Å²) >= 11 is 1.47. The van der Waals surface area contributed by atoms with Gasteiger partial charge in [-0.05, 0) is 35.9 Å². The molecule has 9 heteroatoms. The average molecular weight is 442 g/mol. The first-order chi connectivity index (χ1) is 15.1. The second-order valence-corrected chi connectivity index (χ2v) is 7.92. The molecule has 0 spiro atoms. The van der Waals surface area contributed by atoms with E-state index < -0.39 is 6.03 Å². The second kappa shape index (κ2) is 9.76. The first-order valence-electron chi connectivity index (χ1n) is 10.1. The minimum absolute atomic E-state index is 0.335. The smallest absolute Gasteiger partial charge is 0.312 e. The number of urea groups is 1. The average Bonchev–Trinajstić information content (AvgIpc) is 3.16.